The Morgan fingerprint density at radius 1 is 0.939 bits per heavy atom. The van der Waals surface area contributed by atoms with Crippen molar-refractivity contribution in [1.29, 1.82) is 0 Å². The molecule has 5 N–H and O–H groups in total. The molecule has 4 amide bonds. The van der Waals surface area contributed by atoms with Gasteiger partial charge in [-0.15, -0.1) is 0 Å². The smallest absolute Gasteiger partial charge is 0.417 e. The Balaban J connectivity index is 1.88. The maximum Gasteiger partial charge on any atom is 0.417 e. The molecular formula is C38H47N4O7. The lowest BCUT2D eigenvalue weighted by atomic mass is 9.78. The quantitative estimate of drug-likeness (QED) is 0.147. The Kier molecular flexibility index (Phi) is 15.1. The summed E-state index contributed by atoms with van der Waals surface area (Å²) >= 11 is 0. The number of rotatable bonds is 18. The number of nitrogens with zero attached hydrogens (tertiary/aromatic N) is 1. The maximum absolute atomic E-state index is 13.5. The summed E-state index contributed by atoms with van der Waals surface area (Å²) in [6.07, 6.45) is 3.44. The first-order chi connectivity index (χ1) is 23.6. The number of aliphatic hydroxyl groups is 1. The maximum atomic E-state index is 13.5. The molecular weight excluding hydrogens is 624 g/mol. The number of imide groups is 1. The van der Waals surface area contributed by atoms with Gasteiger partial charge in [0.1, 0.15) is 18.2 Å². The number of amides is 4. The number of ether oxygens (including phenoxy) is 1. The summed E-state index contributed by atoms with van der Waals surface area (Å²) in [4.78, 5) is 66.4. The van der Waals surface area contributed by atoms with Crippen molar-refractivity contribution in [3.63, 3.8) is 0 Å². The van der Waals surface area contributed by atoms with Crippen LogP contribution < -0.4 is 16.4 Å². The zero-order chi connectivity index (χ0) is 35.8. The molecule has 0 aromatic heterocycles. The summed E-state index contributed by atoms with van der Waals surface area (Å²) in [7, 11) is 0. The van der Waals surface area contributed by atoms with Crippen LogP contribution in [0, 0.1) is 5.92 Å². The molecule has 11 nitrogen and oxygen atoms in total. The van der Waals surface area contributed by atoms with Crippen LogP contribution in [0.1, 0.15) is 57.6 Å². The molecule has 11 heteroatoms. The molecule has 0 saturated heterocycles. The summed E-state index contributed by atoms with van der Waals surface area (Å²) in [5.41, 5.74) is 7.20. The van der Waals surface area contributed by atoms with Gasteiger partial charge in [0.05, 0.1) is 12.6 Å². The van der Waals surface area contributed by atoms with E-state index in [1.54, 1.807) is 30.3 Å². The van der Waals surface area contributed by atoms with Crippen LogP contribution in [0.5, 0.6) is 0 Å². The van der Waals surface area contributed by atoms with Gasteiger partial charge in [-0.25, -0.2) is 9.69 Å². The summed E-state index contributed by atoms with van der Waals surface area (Å²) < 4.78 is 5.34. The summed E-state index contributed by atoms with van der Waals surface area (Å²) in [5.74, 6) is -3.01. The third kappa shape index (κ3) is 10.8. The van der Waals surface area contributed by atoms with E-state index in [4.69, 9.17) is 10.5 Å². The van der Waals surface area contributed by atoms with Crippen LogP contribution in [0.3, 0.4) is 0 Å². The number of hydrogen-bond acceptors (Lipinski definition) is 8. The molecule has 3 aromatic carbocycles. The number of carbonyl (C=O) groups excluding carboxylic acids is 5. The SMILES string of the molecule is CCCCCC(=O)N[C@]([C]=O)(Cc1ccccc1-c1ccccc1)C(CO)CNC(=O)[C@H](C)N(C(=O)OCc1ccccc1)C(=O)[C@H](C)N. The molecule has 49 heavy (non-hydrogen) atoms. The molecule has 0 spiro atoms. The van der Waals surface area contributed by atoms with Gasteiger partial charge in [-0.05, 0) is 42.5 Å². The van der Waals surface area contributed by atoms with Gasteiger partial charge in [0.25, 0.3) is 0 Å². The molecule has 4 atom stereocenters. The van der Waals surface area contributed by atoms with Gasteiger partial charge in [0.15, 0.2) is 0 Å². The van der Waals surface area contributed by atoms with Crippen molar-refractivity contribution in [3.8, 4) is 11.1 Å². The van der Waals surface area contributed by atoms with Crippen molar-refractivity contribution in [2.24, 2.45) is 11.7 Å². The summed E-state index contributed by atoms with van der Waals surface area (Å²) in [5, 5.41) is 16.1. The molecule has 0 aliphatic carbocycles. The number of benzene rings is 3. The van der Waals surface area contributed by atoms with Crippen LogP contribution in [0.15, 0.2) is 84.9 Å². The first kappa shape index (κ1) is 38.6. The normalized spacial score (nSPS) is 14.0. The minimum atomic E-state index is -1.74. The molecule has 1 unspecified atom stereocenters. The third-order valence-corrected chi connectivity index (χ3v) is 8.36. The zero-order valence-electron chi connectivity index (χ0n) is 28.4. The molecule has 1 radical (unpaired) electrons. The predicted octanol–water partition coefficient (Wildman–Crippen LogP) is 4.07. The Morgan fingerprint density at radius 3 is 2.18 bits per heavy atom. The number of nitrogens with two attached hydrogens (primary N) is 1. The van der Waals surface area contributed by atoms with Crippen molar-refractivity contribution in [1.82, 2.24) is 15.5 Å². The van der Waals surface area contributed by atoms with Gasteiger partial charge >= 0.3 is 6.09 Å². The first-order valence-electron chi connectivity index (χ1n) is 16.6. The lowest BCUT2D eigenvalue weighted by molar-refractivity contribution is -0.139. The molecule has 3 rings (SSSR count). The van der Waals surface area contributed by atoms with Crippen molar-refractivity contribution in [3.05, 3.63) is 96.1 Å². The highest BCUT2D eigenvalue weighted by atomic mass is 16.6. The van der Waals surface area contributed by atoms with Crippen LogP contribution in [-0.4, -0.2) is 70.9 Å². The van der Waals surface area contributed by atoms with E-state index in [0.717, 1.165) is 29.5 Å². The van der Waals surface area contributed by atoms with Crippen molar-refractivity contribution >= 4 is 30.1 Å². The van der Waals surface area contributed by atoms with Crippen LogP contribution in [0.2, 0.25) is 0 Å². The van der Waals surface area contributed by atoms with E-state index in [9.17, 15) is 29.1 Å². The third-order valence-electron chi connectivity index (χ3n) is 8.36. The summed E-state index contributed by atoms with van der Waals surface area (Å²) in [6.45, 7) is 3.71. The van der Waals surface area contributed by atoms with Gasteiger partial charge < -0.3 is 26.2 Å². The van der Waals surface area contributed by atoms with E-state index in [1.807, 2.05) is 67.8 Å². The average Bonchev–Trinajstić information content (AvgIpc) is 3.11. The Hall–Kier alpha value is -4.87. The number of unbranched alkanes of at least 4 members (excludes halogenated alkanes) is 2. The average molecular weight is 672 g/mol. The number of nitrogens with one attached hydrogen (secondary N) is 2. The van der Waals surface area contributed by atoms with Crippen molar-refractivity contribution in [2.75, 3.05) is 13.2 Å². The van der Waals surface area contributed by atoms with Gasteiger partial charge in [-0.1, -0.05) is 105 Å². The largest absolute Gasteiger partial charge is 0.444 e. The van der Waals surface area contributed by atoms with Crippen LogP contribution in [0.4, 0.5) is 4.79 Å². The molecule has 0 aliphatic heterocycles. The number of aliphatic hydroxyl groups excluding tert-OH is 1. The van der Waals surface area contributed by atoms with Crippen LogP contribution in [0.25, 0.3) is 11.1 Å². The number of carbonyl (C=O) groups is 4. The van der Waals surface area contributed by atoms with E-state index < -0.39 is 48.1 Å². The van der Waals surface area contributed by atoms with Gasteiger partial charge in [-0.2, -0.15) is 0 Å². The molecule has 0 fully saturated rings. The second kappa shape index (κ2) is 19.2. The van der Waals surface area contributed by atoms with E-state index in [1.165, 1.54) is 13.8 Å². The van der Waals surface area contributed by atoms with E-state index >= 15 is 0 Å². The molecule has 3 aromatic rings. The summed E-state index contributed by atoms with van der Waals surface area (Å²) in [6, 6.07) is 23.3. The molecule has 0 aliphatic rings. The molecule has 0 saturated carbocycles. The number of hydrogen-bond donors (Lipinski definition) is 4. The lowest BCUT2D eigenvalue weighted by Crippen LogP contribution is -2.61. The van der Waals surface area contributed by atoms with Gasteiger partial charge in [0, 0.05) is 25.3 Å². The monoisotopic (exact) mass is 671 g/mol. The fourth-order valence-corrected chi connectivity index (χ4v) is 5.49. The first-order valence-corrected chi connectivity index (χ1v) is 16.6. The second-order valence-corrected chi connectivity index (χ2v) is 12.1. The fraction of sp³-hybridized carbons (Fsp3) is 0.395. The Bertz CT molecular complexity index is 1530. The highest BCUT2D eigenvalue weighted by Gasteiger charge is 2.42. The Labute approximate surface area is 288 Å². The standard InChI is InChI=1S/C38H47N4O7/c1-4-5-8-21-34(45)41-38(26-44,22-31-19-13-14-20-33(31)30-17-11-7-12-18-30)32(24-43)23-40-35(46)28(3)42(36(47)27(2)39)37(48)49-25-29-15-9-6-10-16-29/h6-7,9-20,27-28,32,43H,4-5,8,21-25,39H2,1-3H3,(H,40,46)(H,41,45)/t27-,28-,32?,38-/m0/s1. The van der Waals surface area contributed by atoms with Gasteiger partial charge in [0.2, 0.25) is 24.0 Å². The molecule has 261 valence electrons. The Morgan fingerprint density at radius 2 is 1.57 bits per heavy atom. The molecule has 0 bridgehead atoms. The van der Waals surface area contributed by atoms with Crippen LogP contribution >= 0.6 is 0 Å². The van der Waals surface area contributed by atoms with Crippen molar-refractivity contribution < 1.29 is 33.8 Å². The lowest BCUT2D eigenvalue weighted by Gasteiger charge is -2.37. The predicted molar refractivity (Wildman–Crippen MR) is 186 cm³/mol. The molecule has 0 heterocycles. The second-order valence-electron chi connectivity index (χ2n) is 12.1. The topological polar surface area (TPSA) is 168 Å². The highest BCUT2D eigenvalue weighted by molar-refractivity contribution is 5.99. The highest BCUT2D eigenvalue weighted by Crippen LogP contribution is 2.29. The van der Waals surface area contributed by atoms with E-state index in [-0.39, 0.29) is 31.9 Å². The minimum Gasteiger partial charge on any atom is -0.444 e. The fourth-order valence-electron chi connectivity index (χ4n) is 5.49. The van der Waals surface area contributed by atoms with E-state index in [0.29, 0.717) is 16.9 Å². The van der Waals surface area contributed by atoms with Crippen LogP contribution in [-0.2, 0) is 36.9 Å². The van der Waals surface area contributed by atoms with E-state index in [2.05, 4.69) is 10.6 Å². The minimum absolute atomic E-state index is 0.0289. The zero-order valence-corrected chi connectivity index (χ0v) is 28.4. The van der Waals surface area contributed by atoms with Gasteiger partial charge in [-0.3, -0.25) is 19.2 Å². The van der Waals surface area contributed by atoms with Crippen molar-refractivity contribution in [2.45, 2.75) is 77.1 Å².